The van der Waals surface area contributed by atoms with Gasteiger partial charge in [-0.15, -0.1) is 24.0 Å². The molecule has 0 aliphatic heterocycles. The van der Waals surface area contributed by atoms with Crippen molar-refractivity contribution in [3.63, 3.8) is 0 Å². The highest BCUT2D eigenvalue weighted by Crippen LogP contribution is 2.24. The second-order valence-corrected chi connectivity index (χ2v) is 6.57. The van der Waals surface area contributed by atoms with Gasteiger partial charge in [-0.3, -0.25) is 9.98 Å². The maximum Gasteiger partial charge on any atom is 0.191 e. The highest BCUT2D eigenvalue weighted by atomic mass is 127. The average molecular weight is 539 g/mol. The van der Waals surface area contributed by atoms with Gasteiger partial charge >= 0.3 is 0 Å². The molecule has 0 bridgehead atoms. The second-order valence-electron chi connectivity index (χ2n) is 6.57. The molecule has 0 aliphatic rings. The third-order valence-corrected chi connectivity index (χ3v) is 4.58. The Hall–Kier alpha value is -2.69. The first-order valence-electron chi connectivity index (χ1n) is 9.91. The second kappa shape index (κ2) is 12.2. The van der Waals surface area contributed by atoms with Crippen LogP contribution < -0.4 is 15.4 Å². The highest BCUT2D eigenvalue weighted by molar-refractivity contribution is 14.0. The lowest BCUT2D eigenvalue weighted by Crippen LogP contribution is -2.36. The van der Waals surface area contributed by atoms with Gasteiger partial charge in [-0.05, 0) is 36.2 Å². The largest absolute Gasteiger partial charge is 0.453 e. The van der Waals surface area contributed by atoms with Crippen LogP contribution in [0, 0.1) is 5.82 Å². The summed E-state index contributed by atoms with van der Waals surface area (Å²) in [7, 11) is 1.69. The third kappa shape index (κ3) is 6.65. The first-order chi connectivity index (χ1) is 14.6. The van der Waals surface area contributed by atoms with Gasteiger partial charge in [-0.2, -0.15) is 0 Å². The van der Waals surface area contributed by atoms with Gasteiger partial charge in [0.25, 0.3) is 0 Å². The van der Waals surface area contributed by atoms with E-state index in [2.05, 4.69) is 25.8 Å². The van der Waals surface area contributed by atoms with E-state index in [0.29, 0.717) is 24.8 Å². The molecule has 0 radical (unpaired) electrons. The van der Waals surface area contributed by atoms with Gasteiger partial charge in [0.15, 0.2) is 17.5 Å². The van der Waals surface area contributed by atoms with Gasteiger partial charge in [0.1, 0.15) is 11.5 Å². The first kappa shape index (κ1) is 24.6. The van der Waals surface area contributed by atoms with Gasteiger partial charge in [0.05, 0.1) is 11.9 Å². The molecule has 0 aliphatic carbocycles. The van der Waals surface area contributed by atoms with E-state index >= 15 is 0 Å². The maximum atomic E-state index is 14.4. The summed E-state index contributed by atoms with van der Waals surface area (Å²) in [5, 5.41) is 10.6. The zero-order chi connectivity index (χ0) is 21.3. The number of nitrogens with one attached hydrogen (secondary N) is 2. The van der Waals surface area contributed by atoms with E-state index in [9.17, 15) is 4.39 Å². The summed E-state index contributed by atoms with van der Waals surface area (Å²) in [5.74, 6) is 1.68. The summed E-state index contributed by atoms with van der Waals surface area (Å²) < 4.78 is 25.3. The number of rotatable bonds is 8. The molecule has 7 nitrogen and oxygen atoms in total. The Balaban J connectivity index is 0.00000341. The number of aromatic nitrogens is 2. The summed E-state index contributed by atoms with van der Waals surface area (Å²) in [6.45, 7) is 5.05. The Morgan fingerprint density at radius 1 is 1.16 bits per heavy atom. The fourth-order valence-corrected chi connectivity index (χ4v) is 2.99. The van der Waals surface area contributed by atoms with Crippen LogP contribution in [-0.2, 0) is 25.9 Å². The predicted molar refractivity (Wildman–Crippen MR) is 128 cm³/mol. The number of ether oxygens (including phenoxy) is 1. The average Bonchev–Trinajstić information content (AvgIpc) is 3.18. The summed E-state index contributed by atoms with van der Waals surface area (Å²) in [6.07, 6.45) is 4.75. The monoisotopic (exact) mass is 539 g/mol. The molecule has 1 aromatic carbocycles. The molecule has 0 amide bonds. The van der Waals surface area contributed by atoms with Crippen LogP contribution in [0.3, 0.4) is 0 Å². The quantitative estimate of drug-likeness (QED) is 0.247. The Labute approximate surface area is 198 Å². The molecule has 0 spiro atoms. The first-order valence-corrected chi connectivity index (χ1v) is 9.91. The molecule has 166 valence electrons. The lowest BCUT2D eigenvalue weighted by molar-refractivity contribution is 0.380. The number of aryl methyl sites for hydroxylation is 2. The molecular weight excluding hydrogens is 512 g/mol. The van der Waals surface area contributed by atoms with Gasteiger partial charge < -0.3 is 19.9 Å². The zero-order valence-corrected chi connectivity index (χ0v) is 20.1. The molecule has 0 saturated heterocycles. The SMILES string of the molecule is CCc1noc(CC)c1CNC(=NC)NCc1ccc(Oc2cccnc2)c(F)c1.I. The van der Waals surface area contributed by atoms with Gasteiger partial charge in [-0.25, -0.2) is 4.39 Å². The number of nitrogens with zero attached hydrogens (tertiary/aromatic N) is 3. The van der Waals surface area contributed by atoms with Crippen molar-refractivity contribution in [1.29, 1.82) is 0 Å². The summed E-state index contributed by atoms with van der Waals surface area (Å²) in [5.41, 5.74) is 2.77. The van der Waals surface area contributed by atoms with Crippen LogP contribution in [0.5, 0.6) is 11.5 Å². The highest BCUT2D eigenvalue weighted by Gasteiger charge is 2.14. The van der Waals surface area contributed by atoms with E-state index in [1.54, 1.807) is 37.5 Å². The number of benzene rings is 1. The van der Waals surface area contributed by atoms with Crippen molar-refractivity contribution in [3.8, 4) is 11.5 Å². The number of aliphatic imine (C=N–C) groups is 1. The van der Waals surface area contributed by atoms with Crippen molar-refractivity contribution >= 4 is 29.9 Å². The van der Waals surface area contributed by atoms with Crippen LogP contribution >= 0.6 is 24.0 Å². The van der Waals surface area contributed by atoms with Crippen molar-refractivity contribution in [2.75, 3.05) is 7.05 Å². The van der Waals surface area contributed by atoms with E-state index in [0.717, 1.165) is 35.4 Å². The van der Waals surface area contributed by atoms with E-state index in [4.69, 9.17) is 9.26 Å². The zero-order valence-electron chi connectivity index (χ0n) is 17.8. The molecule has 3 aromatic rings. The van der Waals surface area contributed by atoms with E-state index < -0.39 is 5.82 Å². The minimum atomic E-state index is -0.439. The summed E-state index contributed by atoms with van der Waals surface area (Å²) >= 11 is 0. The molecule has 2 N–H and O–H groups in total. The van der Waals surface area contributed by atoms with Crippen molar-refractivity contribution in [3.05, 3.63) is 71.1 Å². The van der Waals surface area contributed by atoms with E-state index in [-0.39, 0.29) is 29.7 Å². The predicted octanol–water partition coefficient (Wildman–Crippen LogP) is 4.61. The van der Waals surface area contributed by atoms with E-state index in [1.165, 1.54) is 12.3 Å². The van der Waals surface area contributed by atoms with Gasteiger partial charge in [0, 0.05) is 38.3 Å². The summed E-state index contributed by atoms with van der Waals surface area (Å²) in [6, 6.07) is 8.31. The van der Waals surface area contributed by atoms with E-state index in [1.807, 2.05) is 13.8 Å². The molecule has 0 fully saturated rings. The number of guanidine groups is 1. The minimum Gasteiger partial charge on any atom is -0.453 e. The molecule has 0 unspecified atom stereocenters. The van der Waals surface area contributed by atoms with Crippen LogP contribution in [0.1, 0.15) is 36.4 Å². The summed E-state index contributed by atoms with van der Waals surface area (Å²) in [4.78, 5) is 8.18. The number of hydrogen-bond acceptors (Lipinski definition) is 5. The molecule has 0 atom stereocenters. The molecule has 2 heterocycles. The molecular formula is C22H27FIN5O2. The normalized spacial score (nSPS) is 11.0. The fraction of sp³-hybridized carbons (Fsp3) is 0.318. The Morgan fingerprint density at radius 2 is 1.97 bits per heavy atom. The van der Waals surface area contributed by atoms with Gasteiger partial charge in [-0.1, -0.05) is 25.1 Å². The third-order valence-electron chi connectivity index (χ3n) is 4.58. The van der Waals surface area contributed by atoms with Crippen LogP contribution in [-0.4, -0.2) is 23.1 Å². The van der Waals surface area contributed by atoms with Gasteiger partial charge in [0.2, 0.25) is 0 Å². The minimum absolute atomic E-state index is 0. The number of hydrogen-bond donors (Lipinski definition) is 2. The molecule has 2 aromatic heterocycles. The lowest BCUT2D eigenvalue weighted by Gasteiger charge is -2.13. The molecule has 3 rings (SSSR count). The Kier molecular flexibility index (Phi) is 9.70. The van der Waals surface area contributed by atoms with Crippen molar-refractivity contribution in [1.82, 2.24) is 20.8 Å². The number of halogens is 2. The van der Waals surface area contributed by atoms with Crippen molar-refractivity contribution in [2.24, 2.45) is 4.99 Å². The Morgan fingerprint density at radius 3 is 2.61 bits per heavy atom. The molecule has 0 saturated carbocycles. The van der Waals surface area contributed by atoms with Crippen LogP contribution in [0.15, 0.2) is 52.2 Å². The van der Waals surface area contributed by atoms with Crippen LogP contribution in [0.25, 0.3) is 0 Å². The lowest BCUT2D eigenvalue weighted by atomic mass is 10.1. The smallest absolute Gasteiger partial charge is 0.191 e. The number of pyridine rings is 1. The molecule has 9 heteroatoms. The fourth-order valence-electron chi connectivity index (χ4n) is 2.99. The van der Waals surface area contributed by atoms with Crippen LogP contribution in [0.2, 0.25) is 0 Å². The molecule has 31 heavy (non-hydrogen) atoms. The van der Waals surface area contributed by atoms with Crippen LogP contribution in [0.4, 0.5) is 4.39 Å². The topological polar surface area (TPSA) is 84.6 Å². The Bertz CT molecular complexity index is 973. The van der Waals surface area contributed by atoms with Crippen molar-refractivity contribution in [2.45, 2.75) is 39.8 Å². The standard InChI is InChI=1S/C22H26FN5O2.HI/c1-4-19-17(20(5-2)30-28-19)14-27-22(24-3)26-12-15-8-9-21(18(23)11-15)29-16-7-6-10-25-13-16;/h6-11,13H,4-5,12,14H2,1-3H3,(H2,24,26,27);1H. The maximum absolute atomic E-state index is 14.4. The van der Waals surface area contributed by atoms with Crippen molar-refractivity contribution < 1.29 is 13.7 Å².